The molecule has 1 fully saturated rings. The zero-order valence-corrected chi connectivity index (χ0v) is 15.3. The van der Waals surface area contributed by atoms with Gasteiger partial charge in [-0.3, -0.25) is 14.9 Å². The van der Waals surface area contributed by atoms with Gasteiger partial charge in [0, 0.05) is 45.2 Å². The third-order valence-corrected chi connectivity index (χ3v) is 4.76. The highest BCUT2D eigenvalue weighted by Crippen LogP contribution is 2.37. The summed E-state index contributed by atoms with van der Waals surface area (Å²) in [4.78, 5) is 26.2. The first-order chi connectivity index (χ1) is 12.6. The van der Waals surface area contributed by atoms with Crippen LogP contribution in [0.2, 0.25) is 0 Å². The normalized spacial score (nSPS) is 15.7. The Morgan fingerprint density at radius 2 is 2.00 bits per heavy atom. The first-order valence-electron chi connectivity index (χ1n) is 8.65. The molecule has 1 aromatic rings. The van der Waals surface area contributed by atoms with E-state index >= 15 is 0 Å². The standard InChI is InChI=1S/C17H23F3N4O3/c1-21-7-10-22(2)16(25)12-5-8-23(9-6-12)14-4-3-13(17(18,19)20)11-15(14)24(26)27/h3-4,11-12,21H,5-10H2,1-2H3. The van der Waals surface area contributed by atoms with Gasteiger partial charge in [0.2, 0.25) is 5.91 Å². The molecule has 0 spiro atoms. The molecule has 1 amide bonds. The van der Waals surface area contributed by atoms with Crippen LogP contribution in [0.4, 0.5) is 24.5 Å². The molecule has 0 aliphatic carbocycles. The number of nitrogens with zero attached hydrogens (tertiary/aromatic N) is 3. The molecule has 1 aromatic carbocycles. The number of piperidine rings is 1. The fourth-order valence-electron chi connectivity index (χ4n) is 3.18. The average Bonchev–Trinajstić information content (AvgIpc) is 2.64. The number of hydrogen-bond acceptors (Lipinski definition) is 5. The van der Waals surface area contributed by atoms with E-state index < -0.39 is 22.4 Å². The van der Waals surface area contributed by atoms with Crippen molar-refractivity contribution in [3.63, 3.8) is 0 Å². The van der Waals surface area contributed by atoms with Gasteiger partial charge in [0.15, 0.2) is 0 Å². The molecule has 10 heteroatoms. The Hall–Kier alpha value is -2.36. The van der Waals surface area contributed by atoms with Crippen LogP contribution in [0.3, 0.4) is 0 Å². The maximum atomic E-state index is 12.8. The van der Waals surface area contributed by atoms with E-state index in [1.807, 2.05) is 0 Å². The average molecular weight is 388 g/mol. The van der Waals surface area contributed by atoms with Crippen molar-refractivity contribution in [1.29, 1.82) is 0 Å². The summed E-state index contributed by atoms with van der Waals surface area (Å²) in [5, 5.41) is 14.2. The molecule has 1 aliphatic rings. The predicted octanol–water partition coefficient (Wildman–Crippen LogP) is 2.51. The second-order valence-electron chi connectivity index (χ2n) is 6.58. The molecule has 1 N–H and O–H groups in total. The number of nitrogens with one attached hydrogen (secondary N) is 1. The number of alkyl halides is 3. The summed E-state index contributed by atoms with van der Waals surface area (Å²) < 4.78 is 38.5. The summed E-state index contributed by atoms with van der Waals surface area (Å²) >= 11 is 0. The Morgan fingerprint density at radius 3 is 2.52 bits per heavy atom. The molecule has 0 radical (unpaired) electrons. The van der Waals surface area contributed by atoms with Gasteiger partial charge < -0.3 is 15.1 Å². The Labute approximate surface area is 155 Å². The van der Waals surface area contributed by atoms with Crippen molar-refractivity contribution >= 4 is 17.3 Å². The van der Waals surface area contributed by atoms with E-state index in [1.54, 1.807) is 23.9 Å². The summed E-state index contributed by atoms with van der Waals surface area (Å²) in [5.74, 6) is -0.163. The highest BCUT2D eigenvalue weighted by molar-refractivity contribution is 5.79. The predicted molar refractivity (Wildman–Crippen MR) is 94.6 cm³/mol. The molecule has 1 saturated heterocycles. The van der Waals surface area contributed by atoms with Gasteiger partial charge >= 0.3 is 6.18 Å². The number of nitro groups is 1. The number of amides is 1. The lowest BCUT2D eigenvalue weighted by molar-refractivity contribution is -0.384. The van der Waals surface area contributed by atoms with Gasteiger partial charge in [-0.05, 0) is 32.0 Å². The minimum absolute atomic E-state index is 0.0202. The van der Waals surface area contributed by atoms with Crippen LogP contribution in [-0.2, 0) is 11.0 Å². The van der Waals surface area contributed by atoms with Crippen LogP contribution in [0, 0.1) is 16.0 Å². The van der Waals surface area contributed by atoms with Crippen molar-refractivity contribution < 1.29 is 22.9 Å². The zero-order valence-electron chi connectivity index (χ0n) is 15.3. The summed E-state index contributed by atoms with van der Waals surface area (Å²) in [6.07, 6.45) is -3.64. The molecule has 150 valence electrons. The molecule has 0 bridgehead atoms. The number of likely N-dealkylation sites (N-methyl/N-ethyl adjacent to an activating group) is 2. The number of anilines is 1. The SMILES string of the molecule is CNCCN(C)C(=O)C1CCN(c2ccc(C(F)(F)F)cc2[N+](=O)[O-])CC1. The van der Waals surface area contributed by atoms with Crippen molar-refractivity contribution in [2.45, 2.75) is 19.0 Å². The fourth-order valence-corrected chi connectivity index (χ4v) is 3.18. The van der Waals surface area contributed by atoms with Gasteiger partial charge in [0.25, 0.3) is 5.69 Å². The van der Waals surface area contributed by atoms with Crippen molar-refractivity contribution in [3.8, 4) is 0 Å². The summed E-state index contributed by atoms with van der Waals surface area (Å²) in [5.41, 5.74) is -1.46. The van der Waals surface area contributed by atoms with Crippen LogP contribution in [0.25, 0.3) is 0 Å². The lowest BCUT2D eigenvalue weighted by atomic mass is 9.94. The van der Waals surface area contributed by atoms with Crippen molar-refractivity contribution in [1.82, 2.24) is 10.2 Å². The summed E-state index contributed by atoms with van der Waals surface area (Å²) in [7, 11) is 3.53. The lowest BCUT2D eigenvalue weighted by Gasteiger charge is -2.34. The monoisotopic (exact) mass is 388 g/mol. The van der Waals surface area contributed by atoms with Gasteiger partial charge in [-0.1, -0.05) is 0 Å². The maximum Gasteiger partial charge on any atom is 0.416 e. The van der Waals surface area contributed by atoms with E-state index in [-0.39, 0.29) is 17.5 Å². The summed E-state index contributed by atoms with van der Waals surface area (Å²) in [6, 6.07) is 2.56. The van der Waals surface area contributed by atoms with Crippen molar-refractivity contribution in [2.75, 3.05) is 45.2 Å². The third-order valence-electron chi connectivity index (χ3n) is 4.76. The molecule has 27 heavy (non-hydrogen) atoms. The van der Waals surface area contributed by atoms with Crippen molar-refractivity contribution in [3.05, 3.63) is 33.9 Å². The van der Waals surface area contributed by atoms with Crippen LogP contribution in [0.5, 0.6) is 0 Å². The Bertz CT molecular complexity index is 688. The van der Waals surface area contributed by atoms with Gasteiger partial charge in [-0.15, -0.1) is 0 Å². The van der Waals surface area contributed by atoms with Crippen LogP contribution in [0.15, 0.2) is 18.2 Å². The maximum absolute atomic E-state index is 12.8. The van der Waals surface area contributed by atoms with E-state index in [0.717, 1.165) is 12.1 Å². The molecule has 0 unspecified atom stereocenters. The van der Waals surface area contributed by atoms with E-state index in [9.17, 15) is 28.1 Å². The largest absolute Gasteiger partial charge is 0.416 e. The molecule has 7 nitrogen and oxygen atoms in total. The van der Waals surface area contributed by atoms with Crippen LogP contribution < -0.4 is 10.2 Å². The third kappa shape index (κ3) is 5.09. The smallest absolute Gasteiger partial charge is 0.366 e. The van der Waals surface area contributed by atoms with Crippen LogP contribution in [0.1, 0.15) is 18.4 Å². The van der Waals surface area contributed by atoms with Gasteiger partial charge in [-0.2, -0.15) is 13.2 Å². The van der Waals surface area contributed by atoms with Crippen molar-refractivity contribution in [2.24, 2.45) is 5.92 Å². The molecular weight excluding hydrogens is 365 g/mol. The topological polar surface area (TPSA) is 78.7 Å². The number of carbonyl (C=O) groups excluding carboxylic acids is 1. The number of rotatable bonds is 6. The Balaban J connectivity index is 2.09. The second-order valence-corrected chi connectivity index (χ2v) is 6.58. The fraction of sp³-hybridized carbons (Fsp3) is 0.588. The van der Waals surface area contributed by atoms with E-state index in [0.29, 0.717) is 45.1 Å². The number of carbonyl (C=O) groups is 1. The summed E-state index contributed by atoms with van der Waals surface area (Å²) in [6.45, 7) is 2.02. The second kappa shape index (κ2) is 8.55. The molecule has 1 heterocycles. The first-order valence-corrected chi connectivity index (χ1v) is 8.65. The molecular formula is C17H23F3N4O3. The number of halogens is 3. The zero-order chi connectivity index (χ0) is 20.2. The quantitative estimate of drug-likeness (QED) is 0.598. The minimum atomic E-state index is -4.64. The first kappa shape index (κ1) is 20.9. The van der Waals surface area contributed by atoms with Gasteiger partial charge in [0.1, 0.15) is 5.69 Å². The Morgan fingerprint density at radius 1 is 1.37 bits per heavy atom. The molecule has 0 aromatic heterocycles. The van der Waals surface area contributed by atoms with E-state index in [2.05, 4.69) is 5.32 Å². The number of benzene rings is 1. The molecule has 0 atom stereocenters. The van der Waals surface area contributed by atoms with Gasteiger partial charge in [0.05, 0.1) is 10.5 Å². The molecule has 1 aliphatic heterocycles. The minimum Gasteiger partial charge on any atom is -0.366 e. The van der Waals surface area contributed by atoms with Crippen LogP contribution in [-0.4, -0.2) is 56.0 Å². The van der Waals surface area contributed by atoms with Crippen LogP contribution >= 0.6 is 0 Å². The van der Waals surface area contributed by atoms with E-state index in [1.165, 1.54) is 0 Å². The number of hydrogen-bond donors (Lipinski definition) is 1. The highest BCUT2D eigenvalue weighted by Gasteiger charge is 2.35. The van der Waals surface area contributed by atoms with Gasteiger partial charge in [-0.25, -0.2) is 0 Å². The Kier molecular flexibility index (Phi) is 6.63. The molecule has 2 rings (SSSR count). The lowest BCUT2D eigenvalue weighted by Crippen LogP contribution is -2.43. The highest BCUT2D eigenvalue weighted by atomic mass is 19.4. The van der Waals surface area contributed by atoms with E-state index in [4.69, 9.17) is 0 Å². The molecule has 0 saturated carbocycles. The number of nitro benzene ring substituents is 1.